The summed E-state index contributed by atoms with van der Waals surface area (Å²) in [5.41, 5.74) is 3.09. The topological polar surface area (TPSA) is 55.1 Å². The highest BCUT2D eigenvalue weighted by Crippen LogP contribution is 2.32. The summed E-state index contributed by atoms with van der Waals surface area (Å²) in [5.74, 6) is -1.03. The van der Waals surface area contributed by atoms with Crippen molar-refractivity contribution in [3.8, 4) is 10.4 Å². The number of hydrogen-bond acceptors (Lipinski definition) is 4. The highest BCUT2D eigenvalue weighted by Gasteiger charge is 2.15. The zero-order chi connectivity index (χ0) is 13.4. The number of carbonyl (C=O) groups is 1. The van der Waals surface area contributed by atoms with Gasteiger partial charge in [-0.05, 0) is 23.8 Å². The van der Waals surface area contributed by atoms with Crippen molar-refractivity contribution in [2.75, 3.05) is 0 Å². The van der Waals surface area contributed by atoms with Gasteiger partial charge in [-0.25, -0.2) is 4.79 Å². The molecule has 0 saturated heterocycles. The molecule has 0 aliphatic heterocycles. The molecule has 0 aliphatic rings. The zero-order valence-corrected chi connectivity index (χ0v) is 11.0. The van der Waals surface area contributed by atoms with Gasteiger partial charge in [-0.2, -0.15) is 0 Å². The summed E-state index contributed by atoms with van der Waals surface area (Å²) >= 11 is 1.45. The van der Waals surface area contributed by atoms with Crippen LogP contribution in [0, 0.1) is 0 Å². The summed E-state index contributed by atoms with van der Waals surface area (Å²) in [7, 11) is 0. The molecule has 0 aliphatic carbocycles. The number of aromatic carboxylic acids is 1. The lowest BCUT2D eigenvalue weighted by Gasteiger charge is -2.04. The van der Waals surface area contributed by atoms with E-state index in [0.717, 1.165) is 10.4 Å². The predicted octanol–water partition coefficient (Wildman–Crippen LogP) is 3.84. The molecule has 0 radical (unpaired) electrons. The molecule has 0 bridgehead atoms. The Morgan fingerprint density at radius 3 is 2.95 bits per heavy atom. The van der Waals surface area contributed by atoms with Crippen LogP contribution in [0.15, 0.2) is 36.1 Å². The number of carboxylic acids is 1. The SMILES string of the molecule is O=C(O)c1cc(-c2cncs2)cc2c1ccn2SF. The van der Waals surface area contributed by atoms with Crippen LogP contribution in [0.4, 0.5) is 3.89 Å². The van der Waals surface area contributed by atoms with Crippen molar-refractivity contribution in [3.63, 3.8) is 0 Å². The Hall–Kier alpha value is -1.86. The summed E-state index contributed by atoms with van der Waals surface area (Å²) in [6, 6.07) is 4.95. The molecule has 0 saturated carbocycles. The first-order valence-electron chi connectivity index (χ1n) is 5.27. The van der Waals surface area contributed by atoms with Crippen molar-refractivity contribution in [2.45, 2.75) is 0 Å². The van der Waals surface area contributed by atoms with E-state index >= 15 is 0 Å². The Labute approximate surface area is 115 Å². The van der Waals surface area contributed by atoms with Gasteiger partial charge in [0.15, 0.2) is 12.3 Å². The number of hydrogen-bond donors (Lipinski definition) is 1. The maximum absolute atomic E-state index is 12.8. The normalized spacial score (nSPS) is 11.0. The van der Waals surface area contributed by atoms with Crippen LogP contribution in [-0.2, 0) is 0 Å². The summed E-state index contributed by atoms with van der Waals surface area (Å²) in [4.78, 5) is 16.1. The van der Waals surface area contributed by atoms with E-state index in [4.69, 9.17) is 0 Å². The van der Waals surface area contributed by atoms with Gasteiger partial charge in [0.05, 0.1) is 21.5 Å². The highest BCUT2D eigenvalue weighted by atomic mass is 32.2. The molecule has 96 valence electrons. The fourth-order valence-electron chi connectivity index (χ4n) is 1.96. The van der Waals surface area contributed by atoms with E-state index in [-0.39, 0.29) is 17.9 Å². The molecule has 4 nitrogen and oxygen atoms in total. The molecule has 2 aromatic heterocycles. The number of nitrogens with zero attached hydrogens (tertiary/aromatic N) is 2. The van der Waals surface area contributed by atoms with Gasteiger partial charge in [-0.1, -0.05) is 0 Å². The van der Waals surface area contributed by atoms with Gasteiger partial charge in [0.1, 0.15) is 0 Å². The standard InChI is InChI=1S/C12H7FN2O2S2/c13-19-15-2-1-8-9(12(16)17)3-7(4-10(8)15)11-5-14-6-18-11/h1-6H,(H,16,17). The maximum atomic E-state index is 12.8. The van der Waals surface area contributed by atoms with Gasteiger partial charge >= 0.3 is 5.97 Å². The number of fused-ring (bicyclic) bond motifs is 1. The lowest BCUT2D eigenvalue weighted by molar-refractivity contribution is 0.0699. The lowest BCUT2D eigenvalue weighted by Crippen LogP contribution is -1.97. The van der Waals surface area contributed by atoms with E-state index in [9.17, 15) is 13.8 Å². The van der Waals surface area contributed by atoms with Gasteiger partial charge in [0, 0.05) is 17.8 Å². The Kier molecular flexibility index (Phi) is 3.00. The van der Waals surface area contributed by atoms with Gasteiger partial charge in [0.25, 0.3) is 0 Å². The average Bonchev–Trinajstić information content (AvgIpc) is 3.06. The summed E-state index contributed by atoms with van der Waals surface area (Å²) < 4.78 is 14.1. The van der Waals surface area contributed by atoms with Crippen LogP contribution in [-0.4, -0.2) is 20.0 Å². The number of benzene rings is 1. The minimum absolute atomic E-state index is 0.0428. The van der Waals surface area contributed by atoms with Crippen LogP contribution >= 0.6 is 23.7 Å². The molecule has 3 aromatic rings. The third-order valence-electron chi connectivity index (χ3n) is 2.79. The van der Waals surface area contributed by atoms with Crippen LogP contribution in [0.25, 0.3) is 21.3 Å². The van der Waals surface area contributed by atoms with E-state index in [1.807, 2.05) is 0 Å². The first kappa shape index (κ1) is 12.2. The molecule has 0 amide bonds. The van der Waals surface area contributed by atoms with Gasteiger partial charge in [-0.3, -0.25) is 8.96 Å². The molecular weight excluding hydrogens is 287 g/mol. The third kappa shape index (κ3) is 2.00. The van der Waals surface area contributed by atoms with Crippen molar-refractivity contribution in [3.05, 3.63) is 41.7 Å². The molecule has 0 atom stereocenters. The first-order chi connectivity index (χ1) is 9.20. The van der Waals surface area contributed by atoms with Crippen LogP contribution in [0.1, 0.15) is 10.4 Å². The van der Waals surface area contributed by atoms with E-state index in [0.29, 0.717) is 10.9 Å². The molecular formula is C12H7FN2O2S2. The molecule has 0 fully saturated rings. The smallest absolute Gasteiger partial charge is 0.336 e. The quantitative estimate of drug-likeness (QED) is 0.797. The van der Waals surface area contributed by atoms with Crippen molar-refractivity contribution in [1.82, 2.24) is 8.96 Å². The molecule has 0 unspecified atom stereocenters. The second-order valence-electron chi connectivity index (χ2n) is 3.84. The van der Waals surface area contributed by atoms with E-state index in [1.54, 1.807) is 29.9 Å². The predicted molar refractivity (Wildman–Crippen MR) is 74.1 cm³/mol. The van der Waals surface area contributed by atoms with Crippen molar-refractivity contribution in [2.24, 2.45) is 0 Å². The van der Waals surface area contributed by atoms with Crippen LogP contribution in [0.2, 0.25) is 0 Å². The zero-order valence-electron chi connectivity index (χ0n) is 9.41. The first-order valence-corrected chi connectivity index (χ1v) is 6.82. The number of thiazole rings is 1. The molecule has 3 rings (SSSR count). The molecule has 1 N–H and O–H groups in total. The van der Waals surface area contributed by atoms with E-state index in [2.05, 4.69) is 4.98 Å². The molecule has 19 heavy (non-hydrogen) atoms. The fourth-order valence-corrected chi connectivity index (χ4v) is 2.90. The maximum Gasteiger partial charge on any atom is 0.336 e. The van der Waals surface area contributed by atoms with Crippen LogP contribution < -0.4 is 0 Å². The van der Waals surface area contributed by atoms with Gasteiger partial charge in [0.2, 0.25) is 0 Å². The summed E-state index contributed by atoms with van der Waals surface area (Å²) in [6.07, 6.45) is 3.17. The van der Waals surface area contributed by atoms with Crippen molar-refractivity contribution < 1.29 is 13.8 Å². The second-order valence-corrected chi connectivity index (χ2v) is 5.26. The van der Waals surface area contributed by atoms with Gasteiger partial charge in [-0.15, -0.1) is 15.2 Å². The molecule has 0 spiro atoms. The summed E-state index contributed by atoms with van der Waals surface area (Å²) in [6.45, 7) is 0. The number of carboxylic acid groups (broad SMARTS) is 1. The summed E-state index contributed by atoms with van der Waals surface area (Å²) in [5, 5.41) is 9.78. The number of aromatic nitrogens is 2. The Bertz CT molecular complexity index is 753. The van der Waals surface area contributed by atoms with E-state index < -0.39 is 5.97 Å². The van der Waals surface area contributed by atoms with Crippen LogP contribution in [0.3, 0.4) is 0 Å². The molecule has 1 aromatic carbocycles. The third-order valence-corrected chi connectivity index (χ3v) is 4.08. The van der Waals surface area contributed by atoms with Crippen molar-refractivity contribution >= 4 is 40.5 Å². The minimum atomic E-state index is -1.03. The van der Waals surface area contributed by atoms with Crippen LogP contribution in [0.5, 0.6) is 0 Å². The fraction of sp³-hybridized carbons (Fsp3) is 0. The average molecular weight is 294 g/mol. The molecule has 2 heterocycles. The monoisotopic (exact) mass is 294 g/mol. The van der Waals surface area contributed by atoms with Gasteiger partial charge < -0.3 is 5.11 Å². The molecule has 7 heteroatoms. The lowest BCUT2D eigenvalue weighted by atomic mass is 10.1. The minimum Gasteiger partial charge on any atom is -0.478 e. The van der Waals surface area contributed by atoms with Crippen molar-refractivity contribution in [1.29, 1.82) is 0 Å². The van der Waals surface area contributed by atoms with E-state index in [1.165, 1.54) is 21.5 Å². The number of rotatable bonds is 3. The highest BCUT2D eigenvalue weighted by molar-refractivity contribution is 7.92. The Morgan fingerprint density at radius 2 is 2.32 bits per heavy atom. The Morgan fingerprint density at radius 1 is 1.47 bits per heavy atom. The second kappa shape index (κ2) is 4.67. The Balaban J connectivity index is 2.33. The largest absolute Gasteiger partial charge is 0.478 e. The number of halogens is 1.